The minimum atomic E-state index is -0.382. The summed E-state index contributed by atoms with van der Waals surface area (Å²) in [6, 6.07) is 13.8. The molecule has 3 aliphatic rings. The molecule has 1 aromatic heterocycles. The average Bonchev–Trinajstić information content (AvgIpc) is 3.30. The van der Waals surface area contributed by atoms with Gasteiger partial charge in [-0.25, -0.2) is 9.07 Å². The summed E-state index contributed by atoms with van der Waals surface area (Å²) in [5.74, 6) is 1.42. The van der Waals surface area contributed by atoms with E-state index < -0.39 is 0 Å². The van der Waals surface area contributed by atoms with Gasteiger partial charge in [0.1, 0.15) is 11.5 Å². The van der Waals surface area contributed by atoms with Gasteiger partial charge in [-0.15, -0.1) is 0 Å². The number of benzene rings is 2. The average molecular weight is 374 g/mol. The number of hydrogen-bond donors (Lipinski definition) is 1. The largest absolute Gasteiger partial charge is 0.360 e. The number of rotatable bonds is 1. The van der Waals surface area contributed by atoms with E-state index >= 15 is 0 Å². The van der Waals surface area contributed by atoms with Gasteiger partial charge < -0.3 is 5.32 Å². The number of para-hydroxylation sites is 1. The molecule has 140 valence electrons. The summed E-state index contributed by atoms with van der Waals surface area (Å²) < 4.78 is 15.3. The van der Waals surface area contributed by atoms with Gasteiger partial charge in [-0.1, -0.05) is 12.1 Å². The van der Waals surface area contributed by atoms with E-state index in [1.165, 1.54) is 25.0 Å². The van der Waals surface area contributed by atoms with E-state index in [1.54, 1.807) is 12.1 Å². The van der Waals surface area contributed by atoms with Gasteiger partial charge in [-0.3, -0.25) is 4.79 Å². The molecule has 0 radical (unpaired) electrons. The normalized spacial score (nSPS) is 26.8. The Morgan fingerprint density at radius 3 is 2.68 bits per heavy atom. The zero-order chi connectivity index (χ0) is 18.9. The molecule has 2 aliphatic carbocycles. The van der Waals surface area contributed by atoms with Gasteiger partial charge in [0.2, 0.25) is 0 Å². The third-order valence-corrected chi connectivity index (χ3v) is 6.64. The number of nitrogens with zero attached hydrogens (tertiary/aromatic N) is 3. The van der Waals surface area contributed by atoms with E-state index in [1.807, 2.05) is 28.9 Å². The van der Waals surface area contributed by atoms with Crippen LogP contribution in [0.15, 0.2) is 53.3 Å². The monoisotopic (exact) mass is 374 g/mol. The molecule has 0 unspecified atom stereocenters. The topological polar surface area (TPSA) is 59.8 Å². The number of nitrogens with one attached hydrogen (secondary N) is 1. The summed E-state index contributed by atoms with van der Waals surface area (Å²) >= 11 is 0. The first kappa shape index (κ1) is 16.0. The molecule has 0 saturated heterocycles. The number of anilines is 1. The molecular weight excluding hydrogens is 355 g/mol. The molecule has 28 heavy (non-hydrogen) atoms. The molecule has 1 aliphatic heterocycles. The highest BCUT2D eigenvalue weighted by Crippen LogP contribution is 2.57. The Morgan fingerprint density at radius 1 is 1.11 bits per heavy atom. The van der Waals surface area contributed by atoms with E-state index in [0.717, 1.165) is 24.1 Å². The fraction of sp³-hybridized carbons (Fsp3) is 0.318. The van der Waals surface area contributed by atoms with Crippen LogP contribution in [0.2, 0.25) is 0 Å². The Balaban J connectivity index is 1.62. The predicted octanol–water partition coefficient (Wildman–Crippen LogP) is 4.01. The van der Waals surface area contributed by atoms with Gasteiger partial charge in [0.25, 0.3) is 5.56 Å². The minimum absolute atomic E-state index is 0.270. The van der Waals surface area contributed by atoms with E-state index in [9.17, 15) is 9.18 Å². The molecule has 6 rings (SSSR count). The molecule has 2 bridgehead atoms. The zero-order valence-corrected chi connectivity index (χ0v) is 15.2. The number of aromatic nitrogens is 3. The third kappa shape index (κ3) is 2.08. The van der Waals surface area contributed by atoms with Gasteiger partial charge in [0.15, 0.2) is 11.5 Å². The second kappa shape index (κ2) is 5.50. The van der Waals surface area contributed by atoms with E-state index in [-0.39, 0.29) is 22.7 Å². The maximum absolute atomic E-state index is 13.4. The van der Waals surface area contributed by atoms with Crippen LogP contribution in [0.4, 0.5) is 10.1 Å². The van der Waals surface area contributed by atoms with Crippen molar-refractivity contribution in [2.24, 2.45) is 11.8 Å². The lowest BCUT2D eigenvalue weighted by Crippen LogP contribution is -2.51. The molecule has 2 aromatic carbocycles. The molecule has 2 heterocycles. The van der Waals surface area contributed by atoms with Gasteiger partial charge >= 0.3 is 0 Å². The van der Waals surface area contributed by atoms with E-state index in [2.05, 4.69) is 10.3 Å². The first-order valence-electron chi connectivity index (χ1n) is 9.79. The smallest absolute Gasteiger partial charge is 0.300 e. The highest BCUT2D eigenvalue weighted by molar-refractivity contribution is 5.77. The molecule has 6 heteroatoms. The first-order valence-corrected chi connectivity index (χ1v) is 9.79. The van der Waals surface area contributed by atoms with Crippen LogP contribution in [0.3, 0.4) is 0 Å². The van der Waals surface area contributed by atoms with Crippen LogP contribution in [0.1, 0.15) is 25.7 Å². The van der Waals surface area contributed by atoms with Crippen molar-refractivity contribution in [1.29, 1.82) is 0 Å². The molecule has 3 atom stereocenters. The Bertz CT molecular complexity index is 1160. The lowest BCUT2D eigenvalue weighted by molar-refractivity contribution is 0.180. The lowest BCUT2D eigenvalue weighted by Gasteiger charge is -2.44. The van der Waals surface area contributed by atoms with Crippen LogP contribution < -0.4 is 10.9 Å². The minimum Gasteiger partial charge on any atom is -0.360 e. The van der Waals surface area contributed by atoms with Gasteiger partial charge in [-0.2, -0.15) is 10.1 Å². The highest BCUT2D eigenvalue weighted by atomic mass is 19.1. The van der Waals surface area contributed by atoms with Crippen molar-refractivity contribution < 1.29 is 4.39 Å². The van der Waals surface area contributed by atoms with Crippen molar-refractivity contribution in [3.05, 3.63) is 64.7 Å². The Hall–Kier alpha value is -3.02. The number of fused-ring (bicyclic) bond motifs is 7. The van der Waals surface area contributed by atoms with Crippen LogP contribution >= 0.6 is 0 Å². The zero-order valence-electron chi connectivity index (χ0n) is 15.2. The number of halogens is 1. The Kier molecular flexibility index (Phi) is 3.14. The van der Waals surface area contributed by atoms with Crippen LogP contribution in [-0.2, 0) is 5.66 Å². The van der Waals surface area contributed by atoms with Crippen LogP contribution in [0.25, 0.3) is 22.6 Å². The second-order valence-corrected chi connectivity index (χ2v) is 8.18. The highest BCUT2D eigenvalue weighted by Gasteiger charge is 2.55. The Labute approximate surface area is 161 Å². The van der Waals surface area contributed by atoms with Crippen molar-refractivity contribution in [3.63, 3.8) is 0 Å². The fourth-order valence-electron chi connectivity index (χ4n) is 5.41. The maximum Gasteiger partial charge on any atom is 0.300 e. The second-order valence-electron chi connectivity index (χ2n) is 8.18. The molecule has 1 N–H and O–H groups in total. The standard InChI is InChI=1S/C22H19FN4O/c23-16-9-6-14(7-10-16)19-21(28)24-20-17-3-1-2-4-18(17)25-22(27(20)26-19)12-13-5-8-15(22)11-13/h1-4,6-7,9-10,13,15,25H,5,8,11-12H2/t13-,15-,22+/m0/s1. The molecule has 5 nitrogen and oxygen atoms in total. The van der Waals surface area contributed by atoms with Crippen molar-refractivity contribution in [1.82, 2.24) is 14.8 Å². The van der Waals surface area contributed by atoms with Crippen LogP contribution in [-0.4, -0.2) is 14.8 Å². The summed E-state index contributed by atoms with van der Waals surface area (Å²) in [6.45, 7) is 0. The molecule has 2 saturated carbocycles. The van der Waals surface area contributed by atoms with E-state index in [4.69, 9.17) is 5.10 Å². The van der Waals surface area contributed by atoms with Crippen molar-refractivity contribution >= 4 is 5.69 Å². The summed E-state index contributed by atoms with van der Waals surface area (Å²) in [5, 5.41) is 8.59. The summed E-state index contributed by atoms with van der Waals surface area (Å²) in [4.78, 5) is 17.3. The van der Waals surface area contributed by atoms with Gasteiger partial charge in [-0.05, 0) is 68.0 Å². The summed E-state index contributed by atoms with van der Waals surface area (Å²) in [5.41, 5.74) is 2.04. The third-order valence-electron chi connectivity index (χ3n) is 6.64. The molecule has 3 aromatic rings. The van der Waals surface area contributed by atoms with Crippen molar-refractivity contribution in [3.8, 4) is 22.6 Å². The molecule has 0 amide bonds. The van der Waals surface area contributed by atoms with E-state index in [0.29, 0.717) is 23.2 Å². The maximum atomic E-state index is 13.4. The summed E-state index contributed by atoms with van der Waals surface area (Å²) in [7, 11) is 0. The van der Waals surface area contributed by atoms with Crippen LogP contribution in [0, 0.1) is 17.7 Å². The molecule has 1 spiro atoms. The molecular formula is C22H19FN4O. The fourth-order valence-corrected chi connectivity index (χ4v) is 5.41. The SMILES string of the molecule is O=c1nc2n(nc1-c1ccc(F)cc1)[C@@]1(C[C@H]3CC[C@H]1C3)Nc1ccccc1-2. The van der Waals surface area contributed by atoms with Gasteiger partial charge in [0.05, 0.1) is 0 Å². The Morgan fingerprint density at radius 2 is 1.93 bits per heavy atom. The van der Waals surface area contributed by atoms with Gasteiger partial charge in [0, 0.05) is 22.7 Å². The first-order chi connectivity index (χ1) is 13.6. The predicted molar refractivity (Wildman–Crippen MR) is 104 cm³/mol. The van der Waals surface area contributed by atoms with Crippen molar-refractivity contribution in [2.75, 3.05) is 5.32 Å². The lowest BCUT2D eigenvalue weighted by atomic mass is 9.86. The van der Waals surface area contributed by atoms with Crippen molar-refractivity contribution in [2.45, 2.75) is 31.3 Å². The summed E-state index contributed by atoms with van der Waals surface area (Å²) in [6.07, 6.45) is 4.57. The quantitative estimate of drug-likeness (QED) is 0.699. The molecule has 2 fully saturated rings. The number of hydrogen-bond acceptors (Lipinski definition) is 4. The van der Waals surface area contributed by atoms with Crippen LogP contribution in [0.5, 0.6) is 0 Å².